The lowest BCUT2D eigenvalue weighted by atomic mass is 10.1. The third-order valence-corrected chi connectivity index (χ3v) is 2.92. The minimum atomic E-state index is -0.388. The molecule has 84 valence electrons. The second-order valence-electron chi connectivity index (χ2n) is 4.09. The van der Waals surface area contributed by atoms with Crippen molar-refractivity contribution < 1.29 is 9.50 Å². The van der Waals surface area contributed by atoms with Gasteiger partial charge in [0.2, 0.25) is 0 Å². The Kier molecular flexibility index (Phi) is 3.07. The average Bonchev–Trinajstić information content (AvgIpc) is 2.76. The number of nitriles is 1. The number of rotatable bonds is 2. The molecule has 1 N–H and O–H groups in total. The summed E-state index contributed by atoms with van der Waals surface area (Å²) in [6.07, 6.45) is 0.912. The van der Waals surface area contributed by atoms with Crippen molar-refractivity contribution in [2.75, 3.05) is 24.6 Å². The average molecular weight is 220 g/mol. The van der Waals surface area contributed by atoms with Gasteiger partial charge in [0.25, 0.3) is 0 Å². The SMILES string of the molecule is N#Cc1cc(F)cc(N2CC[C@H](CO)C2)c1. The summed E-state index contributed by atoms with van der Waals surface area (Å²) in [6.45, 7) is 1.70. The number of benzene rings is 1. The van der Waals surface area contributed by atoms with E-state index in [0.29, 0.717) is 5.56 Å². The monoisotopic (exact) mass is 220 g/mol. The molecule has 0 aliphatic carbocycles. The summed E-state index contributed by atoms with van der Waals surface area (Å²) < 4.78 is 13.2. The summed E-state index contributed by atoms with van der Waals surface area (Å²) in [6, 6.07) is 6.28. The van der Waals surface area contributed by atoms with E-state index in [2.05, 4.69) is 0 Å². The van der Waals surface area contributed by atoms with Crippen LogP contribution < -0.4 is 4.90 Å². The van der Waals surface area contributed by atoms with E-state index >= 15 is 0 Å². The molecule has 1 aliphatic rings. The molecule has 3 nitrogen and oxygen atoms in total. The Morgan fingerprint density at radius 3 is 2.94 bits per heavy atom. The van der Waals surface area contributed by atoms with Gasteiger partial charge in [-0.25, -0.2) is 4.39 Å². The number of hydrogen-bond donors (Lipinski definition) is 1. The second-order valence-corrected chi connectivity index (χ2v) is 4.09. The van der Waals surface area contributed by atoms with Gasteiger partial charge in [-0.15, -0.1) is 0 Å². The highest BCUT2D eigenvalue weighted by molar-refractivity contribution is 5.52. The third kappa shape index (κ3) is 2.15. The normalized spacial score (nSPS) is 19.8. The standard InChI is InChI=1S/C12H13FN2O/c13-11-3-10(6-14)4-12(5-11)15-2-1-9(7-15)8-16/h3-5,9,16H,1-2,7-8H2/t9-/m0/s1. The first kappa shape index (κ1) is 10.9. The zero-order valence-corrected chi connectivity index (χ0v) is 8.86. The van der Waals surface area contributed by atoms with E-state index in [1.54, 1.807) is 6.07 Å². The summed E-state index contributed by atoms with van der Waals surface area (Å²) in [7, 11) is 0. The Bertz CT molecular complexity index is 428. The Morgan fingerprint density at radius 2 is 2.31 bits per heavy atom. The highest BCUT2D eigenvalue weighted by atomic mass is 19.1. The van der Waals surface area contributed by atoms with E-state index in [0.717, 1.165) is 25.2 Å². The van der Waals surface area contributed by atoms with Crippen LogP contribution in [-0.2, 0) is 0 Å². The Balaban J connectivity index is 2.21. The minimum absolute atomic E-state index is 0.164. The van der Waals surface area contributed by atoms with Crippen molar-refractivity contribution in [2.45, 2.75) is 6.42 Å². The third-order valence-electron chi connectivity index (χ3n) is 2.92. The Morgan fingerprint density at radius 1 is 1.50 bits per heavy atom. The first-order valence-electron chi connectivity index (χ1n) is 5.29. The molecular weight excluding hydrogens is 207 g/mol. The van der Waals surface area contributed by atoms with Crippen molar-refractivity contribution in [1.82, 2.24) is 0 Å². The van der Waals surface area contributed by atoms with E-state index in [-0.39, 0.29) is 18.3 Å². The van der Waals surface area contributed by atoms with Crippen molar-refractivity contribution >= 4 is 5.69 Å². The van der Waals surface area contributed by atoms with Gasteiger partial charge in [0, 0.05) is 31.3 Å². The van der Waals surface area contributed by atoms with E-state index in [1.165, 1.54) is 12.1 Å². The topological polar surface area (TPSA) is 47.3 Å². The minimum Gasteiger partial charge on any atom is -0.396 e. The van der Waals surface area contributed by atoms with Crippen molar-refractivity contribution in [3.63, 3.8) is 0 Å². The van der Waals surface area contributed by atoms with Gasteiger partial charge in [-0.3, -0.25) is 0 Å². The highest BCUT2D eigenvalue weighted by Crippen LogP contribution is 2.25. The number of halogens is 1. The summed E-state index contributed by atoms with van der Waals surface area (Å²) in [5, 5.41) is 17.8. The molecule has 2 rings (SSSR count). The van der Waals surface area contributed by atoms with Crippen LogP contribution in [0.25, 0.3) is 0 Å². The number of anilines is 1. The van der Waals surface area contributed by atoms with Crippen molar-refractivity contribution in [2.24, 2.45) is 5.92 Å². The van der Waals surface area contributed by atoms with E-state index in [4.69, 9.17) is 10.4 Å². The summed E-state index contributed by atoms with van der Waals surface area (Å²) in [5.41, 5.74) is 1.06. The van der Waals surface area contributed by atoms with Crippen LogP contribution in [-0.4, -0.2) is 24.8 Å². The number of nitrogens with zero attached hydrogens (tertiary/aromatic N) is 2. The molecule has 16 heavy (non-hydrogen) atoms. The van der Waals surface area contributed by atoms with Crippen LogP contribution in [0, 0.1) is 23.1 Å². The Hall–Kier alpha value is -1.60. The van der Waals surface area contributed by atoms with Crippen molar-refractivity contribution in [1.29, 1.82) is 5.26 Å². The first-order valence-corrected chi connectivity index (χ1v) is 5.29. The fourth-order valence-electron chi connectivity index (χ4n) is 2.04. The molecule has 0 bridgehead atoms. The molecule has 1 aromatic carbocycles. The zero-order valence-electron chi connectivity index (χ0n) is 8.86. The fraction of sp³-hybridized carbons (Fsp3) is 0.417. The Labute approximate surface area is 93.7 Å². The molecule has 0 amide bonds. The summed E-state index contributed by atoms with van der Waals surface area (Å²) in [4.78, 5) is 2.00. The van der Waals surface area contributed by atoms with Crippen LogP contribution in [0.2, 0.25) is 0 Å². The quantitative estimate of drug-likeness (QED) is 0.822. The maximum Gasteiger partial charge on any atom is 0.126 e. The van der Waals surface area contributed by atoms with Gasteiger partial charge < -0.3 is 10.0 Å². The van der Waals surface area contributed by atoms with Crippen LogP contribution in [0.3, 0.4) is 0 Å². The van der Waals surface area contributed by atoms with Crippen LogP contribution >= 0.6 is 0 Å². The lowest BCUT2D eigenvalue weighted by Gasteiger charge is -2.18. The van der Waals surface area contributed by atoms with Gasteiger partial charge in [-0.2, -0.15) is 5.26 Å². The van der Waals surface area contributed by atoms with Gasteiger partial charge in [0.15, 0.2) is 0 Å². The summed E-state index contributed by atoms with van der Waals surface area (Å²) in [5.74, 6) is -0.129. The lowest BCUT2D eigenvalue weighted by molar-refractivity contribution is 0.238. The van der Waals surface area contributed by atoms with Crippen LogP contribution in [0.4, 0.5) is 10.1 Å². The molecular formula is C12H13FN2O. The molecule has 1 aromatic rings. The second kappa shape index (κ2) is 4.50. The molecule has 1 aliphatic heterocycles. The molecule has 0 aromatic heterocycles. The maximum atomic E-state index is 13.2. The van der Waals surface area contributed by atoms with Crippen LogP contribution in [0.5, 0.6) is 0 Å². The van der Waals surface area contributed by atoms with Gasteiger partial charge in [-0.1, -0.05) is 0 Å². The summed E-state index contributed by atoms with van der Waals surface area (Å²) >= 11 is 0. The molecule has 1 fully saturated rings. The van der Waals surface area contributed by atoms with Gasteiger partial charge in [0.1, 0.15) is 5.82 Å². The van der Waals surface area contributed by atoms with Gasteiger partial charge in [0.05, 0.1) is 11.6 Å². The van der Waals surface area contributed by atoms with Crippen molar-refractivity contribution in [3.05, 3.63) is 29.6 Å². The van der Waals surface area contributed by atoms with Crippen LogP contribution in [0.15, 0.2) is 18.2 Å². The molecule has 1 saturated heterocycles. The largest absolute Gasteiger partial charge is 0.396 e. The van der Waals surface area contributed by atoms with Crippen LogP contribution in [0.1, 0.15) is 12.0 Å². The smallest absolute Gasteiger partial charge is 0.126 e. The predicted octanol–water partition coefficient (Wildman–Crippen LogP) is 1.52. The number of aliphatic hydroxyl groups excluding tert-OH is 1. The van der Waals surface area contributed by atoms with E-state index in [9.17, 15) is 4.39 Å². The molecule has 0 spiro atoms. The molecule has 0 saturated carbocycles. The van der Waals surface area contributed by atoms with E-state index < -0.39 is 0 Å². The maximum absolute atomic E-state index is 13.2. The molecule has 0 radical (unpaired) electrons. The molecule has 4 heteroatoms. The number of hydrogen-bond acceptors (Lipinski definition) is 3. The van der Waals surface area contributed by atoms with Crippen molar-refractivity contribution in [3.8, 4) is 6.07 Å². The lowest BCUT2D eigenvalue weighted by Crippen LogP contribution is -2.20. The molecule has 0 unspecified atom stereocenters. The van der Waals surface area contributed by atoms with Gasteiger partial charge >= 0.3 is 0 Å². The number of aliphatic hydroxyl groups is 1. The molecule has 1 atom stereocenters. The first-order chi connectivity index (χ1) is 7.72. The highest BCUT2D eigenvalue weighted by Gasteiger charge is 2.22. The molecule has 1 heterocycles. The van der Waals surface area contributed by atoms with E-state index in [1.807, 2.05) is 11.0 Å². The van der Waals surface area contributed by atoms with Gasteiger partial charge in [-0.05, 0) is 24.6 Å². The predicted molar refractivity (Wildman–Crippen MR) is 58.5 cm³/mol. The zero-order chi connectivity index (χ0) is 11.5. The fourth-order valence-corrected chi connectivity index (χ4v) is 2.04.